The number of carbonyl (C=O) groups excluding carboxylic acids is 2. The van der Waals surface area contributed by atoms with E-state index in [9.17, 15) is 9.59 Å². The number of Topliss-reactive ketones (excluding diaryl/α,β-unsaturated/α-hetero) is 1. The third kappa shape index (κ3) is 4.52. The van der Waals surface area contributed by atoms with Gasteiger partial charge >= 0.3 is 0 Å². The van der Waals surface area contributed by atoms with Crippen molar-refractivity contribution in [1.82, 2.24) is 4.90 Å². The first-order valence-electron chi connectivity index (χ1n) is 8.21. The first-order valence-corrected chi connectivity index (χ1v) is 8.21. The lowest BCUT2D eigenvalue weighted by Gasteiger charge is -2.16. The van der Waals surface area contributed by atoms with Crippen LogP contribution in [0.5, 0.6) is 0 Å². The van der Waals surface area contributed by atoms with E-state index in [1.165, 1.54) is 0 Å². The second-order valence-electron chi connectivity index (χ2n) is 5.90. The van der Waals surface area contributed by atoms with Crippen molar-refractivity contribution < 1.29 is 9.59 Å². The summed E-state index contributed by atoms with van der Waals surface area (Å²) in [6, 6.07) is 15.7. The molecule has 126 valence electrons. The Kier molecular flexibility index (Phi) is 6.27. The standard InChI is InChI=1S/C20H24N2O2/c1-3-5-19(23)17-10-8-16(9-11-17)18-7-4-6-15(12-18)14-22(2)20(24)13-21/h4,6-12H,3,5,13-14,21H2,1-2H3. The molecule has 0 saturated heterocycles. The van der Waals surface area contributed by atoms with E-state index in [2.05, 4.69) is 6.07 Å². The molecule has 2 rings (SSSR count). The zero-order valence-electron chi connectivity index (χ0n) is 14.3. The highest BCUT2D eigenvalue weighted by molar-refractivity contribution is 5.96. The van der Waals surface area contributed by atoms with E-state index in [0.29, 0.717) is 13.0 Å². The summed E-state index contributed by atoms with van der Waals surface area (Å²) in [7, 11) is 1.75. The highest BCUT2D eigenvalue weighted by Gasteiger charge is 2.08. The number of amides is 1. The number of benzene rings is 2. The number of nitrogens with two attached hydrogens (primary N) is 1. The fourth-order valence-electron chi connectivity index (χ4n) is 2.59. The van der Waals surface area contributed by atoms with Crippen LogP contribution in [-0.2, 0) is 11.3 Å². The van der Waals surface area contributed by atoms with Crippen LogP contribution in [0.2, 0.25) is 0 Å². The Morgan fingerprint density at radius 2 is 1.75 bits per heavy atom. The average molecular weight is 324 g/mol. The van der Waals surface area contributed by atoms with Crippen LogP contribution in [0.15, 0.2) is 48.5 Å². The molecule has 0 spiro atoms. The summed E-state index contributed by atoms with van der Waals surface area (Å²) in [5.41, 5.74) is 9.31. The maximum Gasteiger partial charge on any atom is 0.236 e. The van der Waals surface area contributed by atoms with Crippen molar-refractivity contribution >= 4 is 11.7 Å². The van der Waals surface area contributed by atoms with Crippen LogP contribution in [0.25, 0.3) is 11.1 Å². The Morgan fingerprint density at radius 1 is 1.04 bits per heavy atom. The highest BCUT2D eigenvalue weighted by atomic mass is 16.2. The largest absolute Gasteiger partial charge is 0.340 e. The van der Waals surface area contributed by atoms with E-state index in [1.54, 1.807) is 11.9 Å². The van der Waals surface area contributed by atoms with E-state index < -0.39 is 0 Å². The maximum atomic E-state index is 11.9. The van der Waals surface area contributed by atoms with Crippen LogP contribution in [0.3, 0.4) is 0 Å². The summed E-state index contributed by atoms with van der Waals surface area (Å²) < 4.78 is 0. The minimum Gasteiger partial charge on any atom is -0.340 e. The minimum atomic E-state index is -0.0841. The molecule has 0 aliphatic heterocycles. The average Bonchev–Trinajstić information content (AvgIpc) is 2.61. The fraction of sp³-hybridized carbons (Fsp3) is 0.300. The second-order valence-corrected chi connectivity index (χ2v) is 5.90. The molecule has 2 N–H and O–H groups in total. The molecule has 0 aliphatic rings. The smallest absolute Gasteiger partial charge is 0.236 e. The predicted molar refractivity (Wildman–Crippen MR) is 96.6 cm³/mol. The van der Waals surface area contributed by atoms with Gasteiger partial charge in [-0.25, -0.2) is 0 Å². The zero-order chi connectivity index (χ0) is 17.5. The van der Waals surface area contributed by atoms with Crippen LogP contribution in [0.4, 0.5) is 0 Å². The Morgan fingerprint density at radius 3 is 2.38 bits per heavy atom. The van der Waals surface area contributed by atoms with Crippen LogP contribution in [0.1, 0.15) is 35.7 Å². The van der Waals surface area contributed by atoms with Gasteiger partial charge in [-0.2, -0.15) is 0 Å². The van der Waals surface area contributed by atoms with E-state index in [-0.39, 0.29) is 18.2 Å². The molecule has 0 unspecified atom stereocenters. The molecule has 0 heterocycles. The van der Waals surface area contributed by atoms with Gasteiger partial charge in [-0.1, -0.05) is 49.4 Å². The fourth-order valence-corrected chi connectivity index (χ4v) is 2.59. The van der Waals surface area contributed by atoms with Gasteiger partial charge in [0.05, 0.1) is 6.54 Å². The number of carbonyl (C=O) groups is 2. The summed E-state index contributed by atoms with van der Waals surface area (Å²) in [5.74, 6) is 0.0962. The Balaban J connectivity index is 2.16. The molecular weight excluding hydrogens is 300 g/mol. The van der Waals surface area contributed by atoms with Crippen molar-refractivity contribution in [3.8, 4) is 11.1 Å². The van der Waals surface area contributed by atoms with Gasteiger partial charge in [0.15, 0.2) is 5.78 Å². The Hall–Kier alpha value is -2.46. The van der Waals surface area contributed by atoms with Crippen LogP contribution in [0, 0.1) is 0 Å². The number of rotatable bonds is 7. The molecule has 2 aromatic carbocycles. The van der Waals surface area contributed by atoms with Crippen molar-refractivity contribution in [2.45, 2.75) is 26.3 Å². The van der Waals surface area contributed by atoms with Gasteiger partial charge in [-0.05, 0) is 29.2 Å². The molecule has 2 aromatic rings. The molecule has 0 atom stereocenters. The molecule has 0 aromatic heterocycles. The van der Waals surface area contributed by atoms with Gasteiger partial charge in [0.2, 0.25) is 5.91 Å². The highest BCUT2D eigenvalue weighted by Crippen LogP contribution is 2.22. The monoisotopic (exact) mass is 324 g/mol. The first kappa shape index (κ1) is 17.9. The van der Waals surface area contributed by atoms with Gasteiger partial charge in [0.25, 0.3) is 0 Å². The Labute approximate surface area is 143 Å². The number of hydrogen-bond acceptors (Lipinski definition) is 3. The maximum absolute atomic E-state index is 11.9. The third-order valence-electron chi connectivity index (χ3n) is 3.96. The number of nitrogens with zero attached hydrogens (tertiary/aromatic N) is 1. The second kappa shape index (κ2) is 8.41. The van der Waals surface area contributed by atoms with E-state index in [1.807, 2.05) is 49.4 Å². The summed E-state index contributed by atoms with van der Waals surface area (Å²) in [6.07, 6.45) is 1.44. The summed E-state index contributed by atoms with van der Waals surface area (Å²) >= 11 is 0. The van der Waals surface area contributed by atoms with Crippen molar-refractivity contribution in [1.29, 1.82) is 0 Å². The third-order valence-corrected chi connectivity index (χ3v) is 3.96. The van der Waals surface area contributed by atoms with Gasteiger partial charge < -0.3 is 10.6 Å². The molecule has 4 heteroatoms. The lowest BCUT2D eigenvalue weighted by molar-refractivity contribution is -0.128. The molecule has 0 radical (unpaired) electrons. The van der Waals surface area contributed by atoms with Gasteiger partial charge in [-0.15, -0.1) is 0 Å². The SMILES string of the molecule is CCCC(=O)c1ccc(-c2cccc(CN(C)C(=O)CN)c2)cc1. The number of hydrogen-bond donors (Lipinski definition) is 1. The summed E-state index contributed by atoms with van der Waals surface area (Å²) in [4.78, 5) is 25.1. The molecule has 24 heavy (non-hydrogen) atoms. The van der Waals surface area contributed by atoms with Gasteiger partial charge in [0.1, 0.15) is 0 Å². The van der Waals surface area contributed by atoms with Crippen LogP contribution in [-0.4, -0.2) is 30.2 Å². The van der Waals surface area contributed by atoms with Crippen LogP contribution >= 0.6 is 0 Å². The van der Waals surface area contributed by atoms with Crippen LogP contribution < -0.4 is 5.73 Å². The topological polar surface area (TPSA) is 63.4 Å². The van der Waals surface area contributed by atoms with E-state index >= 15 is 0 Å². The Bertz CT molecular complexity index is 708. The molecule has 0 aliphatic carbocycles. The summed E-state index contributed by atoms with van der Waals surface area (Å²) in [6.45, 7) is 2.55. The first-order chi connectivity index (χ1) is 11.5. The molecule has 1 amide bonds. The molecular formula is C20H24N2O2. The van der Waals surface area contributed by atoms with Crippen molar-refractivity contribution in [2.24, 2.45) is 5.73 Å². The van der Waals surface area contributed by atoms with Crippen molar-refractivity contribution in [2.75, 3.05) is 13.6 Å². The number of likely N-dealkylation sites (N-methyl/N-ethyl adjacent to an activating group) is 1. The number of ketones is 1. The molecule has 0 fully saturated rings. The van der Waals surface area contributed by atoms with E-state index in [0.717, 1.165) is 28.7 Å². The predicted octanol–water partition coefficient (Wildman–Crippen LogP) is 3.25. The molecule has 0 bridgehead atoms. The summed E-state index contributed by atoms with van der Waals surface area (Å²) in [5, 5.41) is 0. The lowest BCUT2D eigenvalue weighted by atomic mass is 9.99. The molecule has 0 saturated carbocycles. The molecule has 4 nitrogen and oxygen atoms in total. The quantitative estimate of drug-likeness (QED) is 0.795. The minimum absolute atomic E-state index is 0.0173. The van der Waals surface area contributed by atoms with Gasteiger partial charge in [-0.3, -0.25) is 9.59 Å². The van der Waals surface area contributed by atoms with Gasteiger partial charge in [0, 0.05) is 25.6 Å². The van der Waals surface area contributed by atoms with E-state index in [4.69, 9.17) is 5.73 Å². The zero-order valence-corrected chi connectivity index (χ0v) is 14.3. The van der Waals surface area contributed by atoms with Crippen molar-refractivity contribution in [3.63, 3.8) is 0 Å². The van der Waals surface area contributed by atoms with Crippen molar-refractivity contribution in [3.05, 3.63) is 59.7 Å². The normalized spacial score (nSPS) is 10.5. The lowest BCUT2D eigenvalue weighted by Crippen LogP contribution is -2.32.